The number of hydrogen-bond acceptors (Lipinski definition) is 4. The quantitative estimate of drug-likeness (QED) is 0.872. The smallest absolute Gasteiger partial charge is 0.240 e. The van der Waals surface area contributed by atoms with E-state index in [9.17, 15) is 8.42 Å². The predicted octanol–water partition coefficient (Wildman–Crippen LogP) is 2.46. The van der Waals surface area contributed by atoms with Crippen LogP contribution in [-0.4, -0.2) is 28.7 Å². The van der Waals surface area contributed by atoms with E-state index in [0.717, 1.165) is 29.9 Å². The van der Waals surface area contributed by atoms with Crippen molar-refractivity contribution in [1.29, 1.82) is 0 Å². The largest absolute Gasteiger partial charge is 0.496 e. The van der Waals surface area contributed by atoms with Crippen molar-refractivity contribution in [3.8, 4) is 11.5 Å². The molecule has 2 aromatic rings. The molecule has 128 valence electrons. The summed E-state index contributed by atoms with van der Waals surface area (Å²) in [5.74, 6) is 1.61. The van der Waals surface area contributed by atoms with Gasteiger partial charge in [-0.1, -0.05) is 12.1 Å². The second-order valence-corrected chi connectivity index (χ2v) is 7.59. The van der Waals surface area contributed by atoms with Crippen LogP contribution in [0.1, 0.15) is 16.7 Å². The molecule has 0 atom stereocenters. The van der Waals surface area contributed by atoms with Crippen LogP contribution in [0.3, 0.4) is 0 Å². The van der Waals surface area contributed by atoms with Gasteiger partial charge in [-0.2, -0.15) is 0 Å². The molecule has 0 aromatic heterocycles. The first kappa shape index (κ1) is 16.8. The molecule has 0 unspecified atom stereocenters. The average Bonchev–Trinajstić information content (AvgIpc) is 3.02. The Balaban J connectivity index is 1.64. The summed E-state index contributed by atoms with van der Waals surface area (Å²) in [7, 11) is -1.95. The third-order valence-corrected chi connectivity index (χ3v) is 5.59. The summed E-state index contributed by atoms with van der Waals surface area (Å²) in [5.41, 5.74) is 3.09. The number of fused-ring (bicyclic) bond motifs is 1. The van der Waals surface area contributed by atoms with Gasteiger partial charge < -0.3 is 9.47 Å². The molecule has 2 aromatic carbocycles. The van der Waals surface area contributed by atoms with Gasteiger partial charge in [0.15, 0.2) is 0 Å². The Morgan fingerprint density at radius 2 is 2.04 bits per heavy atom. The lowest BCUT2D eigenvalue weighted by molar-refractivity contribution is 0.357. The molecule has 0 fully saturated rings. The minimum atomic E-state index is -3.52. The summed E-state index contributed by atoms with van der Waals surface area (Å²) in [6.45, 7) is 2.90. The van der Waals surface area contributed by atoms with Gasteiger partial charge in [-0.25, -0.2) is 13.1 Å². The van der Waals surface area contributed by atoms with E-state index < -0.39 is 10.0 Å². The van der Waals surface area contributed by atoms with Crippen LogP contribution in [0.25, 0.3) is 0 Å². The molecule has 5 nitrogen and oxygen atoms in total. The number of benzene rings is 2. The van der Waals surface area contributed by atoms with Crippen LogP contribution >= 0.6 is 0 Å². The Kier molecular flexibility index (Phi) is 4.78. The Hall–Kier alpha value is -2.05. The molecule has 0 amide bonds. The van der Waals surface area contributed by atoms with Crippen molar-refractivity contribution in [3.63, 3.8) is 0 Å². The Morgan fingerprint density at radius 3 is 2.79 bits per heavy atom. The van der Waals surface area contributed by atoms with Gasteiger partial charge in [-0.05, 0) is 54.3 Å². The fourth-order valence-electron chi connectivity index (χ4n) is 2.83. The lowest BCUT2D eigenvalue weighted by Gasteiger charge is -2.10. The van der Waals surface area contributed by atoms with E-state index in [2.05, 4.69) is 10.8 Å². The molecule has 1 N–H and O–H groups in total. The SMILES string of the molecule is COc1ccc(S(=O)(=O)NCCc2ccc3c(c2)CCO3)cc1C. The fraction of sp³-hybridized carbons (Fsp3) is 0.333. The van der Waals surface area contributed by atoms with Crippen LogP contribution in [-0.2, 0) is 22.9 Å². The van der Waals surface area contributed by atoms with E-state index in [1.54, 1.807) is 25.3 Å². The number of rotatable bonds is 6. The van der Waals surface area contributed by atoms with Crippen molar-refractivity contribution in [2.45, 2.75) is 24.7 Å². The molecule has 0 saturated heterocycles. The van der Waals surface area contributed by atoms with Gasteiger partial charge in [0, 0.05) is 13.0 Å². The lowest BCUT2D eigenvalue weighted by Crippen LogP contribution is -2.26. The van der Waals surface area contributed by atoms with Crippen LogP contribution < -0.4 is 14.2 Å². The zero-order chi connectivity index (χ0) is 17.2. The molecule has 0 aliphatic carbocycles. The second kappa shape index (κ2) is 6.83. The summed E-state index contributed by atoms with van der Waals surface area (Å²) in [5, 5.41) is 0. The Morgan fingerprint density at radius 1 is 1.21 bits per heavy atom. The first-order valence-corrected chi connectivity index (χ1v) is 9.37. The maximum Gasteiger partial charge on any atom is 0.240 e. The molecule has 1 aliphatic rings. The first-order chi connectivity index (χ1) is 11.5. The van der Waals surface area contributed by atoms with Crippen molar-refractivity contribution in [2.24, 2.45) is 0 Å². The van der Waals surface area contributed by atoms with Gasteiger partial charge >= 0.3 is 0 Å². The zero-order valence-electron chi connectivity index (χ0n) is 13.8. The number of methoxy groups -OCH3 is 1. The monoisotopic (exact) mass is 347 g/mol. The van der Waals surface area contributed by atoms with Crippen molar-refractivity contribution in [3.05, 3.63) is 53.1 Å². The van der Waals surface area contributed by atoms with Crippen molar-refractivity contribution >= 4 is 10.0 Å². The molecule has 0 radical (unpaired) electrons. The highest BCUT2D eigenvalue weighted by Crippen LogP contribution is 2.26. The highest BCUT2D eigenvalue weighted by Gasteiger charge is 2.16. The normalized spacial score (nSPS) is 13.4. The molecular formula is C18H21NO4S. The molecular weight excluding hydrogens is 326 g/mol. The van der Waals surface area contributed by atoms with Crippen molar-refractivity contribution in [1.82, 2.24) is 4.72 Å². The minimum absolute atomic E-state index is 0.253. The molecule has 1 heterocycles. The van der Waals surface area contributed by atoms with E-state index in [1.807, 2.05) is 19.1 Å². The van der Waals surface area contributed by atoms with Crippen LogP contribution in [0.2, 0.25) is 0 Å². The van der Waals surface area contributed by atoms with E-state index in [-0.39, 0.29) is 4.90 Å². The molecule has 0 bridgehead atoms. The molecule has 0 saturated carbocycles. The van der Waals surface area contributed by atoms with Crippen LogP contribution in [0, 0.1) is 6.92 Å². The van der Waals surface area contributed by atoms with Gasteiger partial charge in [-0.15, -0.1) is 0 Å². The number of aryl methyl sites for hydroxylation is 1. The highest BCUT2D eigenvalue weighted by atomic mass is 32.2. The molecule has 24 heavy (non-hydrogen) atoms. The van der Waals surface area contributed by atoms with Crippen LogP contribution in [0.5, 0.6) is 11.5 Å². The summed E-state index contributed by atoms with van der Waals surface area (Å²) in [6, 6.07) is 10.9. The van der Waals surface area contributed by atoms with E-state index in [0.29, 0.717) is 18.7 Å². The third kappa shape index (κ3) is 3.55. The fourth-order valence-corrected chi connectivity index (χ4v) is 3.94. The summed E-state index contributed by atoms with van der Waals surface area (Å²) < 4.78 is 38.1. The number of ether oxygens (including phenoxy) is 2. The number of nitrogens with one attached hydrogen (secondary N) is 1. The maximum atomic E-state index is 12.4. The highest BCUT2D eigenvalue weighted by molar-refractivity contribution is 7.89. The first-order valence-electron chi connectivity index (χ1n) is 7.88. The van der Waals surface area contributed by atoms with Crippen LogP contribution in [0.15, 0.2) is 41.3 Å². The topological polar surface area (TPSA) is 64.6 Å². The van der Waals surface area contributed by atoms with Crippen molar-refractivity contribution in [2.75, 3.05) is 20.3 Å². The van der Waals surface area contributed by atoms with E-state index in [4.69, 9.17) is 9.47 Å². The summed E-state index contributed by atoms with van der Waals surface area (Å²) in [4.78, 5) is 0.253. The molecule has 6 heteroatoms. The predicted molar refractivity (Wildman–Crippen MR) is 92.3 cm³/mol. The Bertz CT molecular complexity index is 846. The van der Waals surface area contributed by atoms with Crippen molar-refractivity contribution < 1.29 is 17.9 Å². The second-order valence-electron chi connectivity index (χ2n) is 5.82. The molecule has 0 spiro atoms. The minimum Gasteiger partial charge on any atom is -0.496 e. The van der Waals surface area contributed by atoms with Gasteiger partial charge in [-0.3, -0.25) is 0 Å². The zero-order valence-corrected chi connectivity index (χ0v) is 14.7. The molecule has 1 aliphatic heterocycles. The van der Waals surface area contributed by atoms with Gasteiger partial charge in [0.2, 0.25) is 10.0 Å². The van der Waals surface area contributed by atoms with E-state index >= 15 is 0 Å². The Labute approximate surface area is 142 Å². The van der Waals surface area contributed by atoms with Gasteiger partial charge in [0.05, 0.1) is 18.6 Å². The van der Waals surface area contributed by atoms with E-state index in [1.165, 1.54) is 5.56 Å². The maximum absolute atomic E-state index is 12.4. The molecule has 3 rings (SSSR count). The number of hydrogen-bond donors (Lipinski definition) is 1. The summed E-state index contributed by atoms with van der Waals surface area (Å²) in [6.07, 6.45) is 1.56. The number of sulfonamides is 1. The average molecular weight is 347 g/mol. The standard InChI is InChI=1S/C18H21NO4S/c1-13-11-16(4-6-17(13)22-2)24(20,21)19-9-7-14-3-5-18-15(12-14)8-10-23-18/h3-6,11-12,19H,7-10H2,1-2H3. The van der Waals surface area contributed by atoms with Crippen LogP contribution in [0.4, 0.5) is 0 Å². The van der Waals surface area contributed by atoms with Gasteiger partial charge in [0.1, 0.15) is 11.5 Å². The summed E-state index contributed by atoms with van der Waals surface area (Å²) >= 11 is 0. The van der Waals surface area contributed by atoms with Gasteiger partial charge in [0.25, 0.3) is 0 Å². The lowest BCUT2D eigenvalue weighted by atomic mass is 10.1. The third-order valence-electron chi connectivity index (χ3n) is 4.14.